The molecule has 0 bridgehead atoms. The molecule has 2 unspecified atom stereocenters. The van der Waals surface area contributed by atoms with Crippen molar-refractivity contribution in [2.75, 3.05) is 24.6 Å². The van der Waals surface area contributed by atoms with Crippen LogP contribution in [0.2, 0.25) is 0 Å². The highest BCUT2D eigenvalue weighted by molar-refractivity contribution is 5.87. The smallest absolute Gasteiger partial charge is 0.266 e. The van der Waals surface area contributed by atoms with Crippen molar-refractivity contribution in [2.45, 2.75) is 89.6 Å². The van der Waals surface area contributed by atoms with E-state index < -0.39 is 35.7 Å². The lowest BCUT2D eigenvalue weighted by molar-refractivity contribution is -0.137. The van der Waals surface area contributed by atoms with Gasteiger partial charge in [-0.3, -0.25) is 4.90 Å². The average molecular weight is 619 g/mol. The van der Waals surface area contributed by atoms with Crippen LogP contribution in [0.25, 0.3) is 16.9 Å². The topological polar surface area (TPSA) is 76.6 Å². The van der Waals surface area contributed by atoms with Crippen molar-refractivity contribution in [1.29, 1.82) is 0 Å². The second-order valence-corrected chi connectivity index (χ2v) is 12.6. The minimum atomic E-state index is -3.00. The van der Waals surface area contributed by atoms with Crippen LogP contribution in [0, 0.1) is 18.7 Å². The summed E-state index contributed by atoms with van der Waals surface area (Å²) < 4.78 is 79.7. The first-order chi connectivity index (χ1) is 21.0. The largest absolute Gasteiger partial charge is 0.376 e. The third kappa shape index (κ3) is 4.99. The lowest BCUT2D eigenvalue weighted by Gasteiger charge is -2.52. The van der Waals surface area contributed by atoms with Gasteiger partial charge in [-0.25, -0.2) is 31.3 Å². The maximum Gasteiger partial charge on any atom is 0.266 e. The molecule has 3 fully saturated rings. The van der Waals surface area contributed by atoms with Crippen molar-refractivity contribution in [3.8, 4) is 0 Å². The van der Waals surface area contributed by atoms with Gasteiger partial charge < -0.3 is 14.2 Å². The number of fused-ring (bicyclic) bond motifs is 3. The maximum absolute atomic E-state index is 14.2. The molecule has 0 N–H and O–H groups in total. The second kappa shape index (κ2) is 10.9. The van der Waals surface area contributed by atoms with E-state index in [1.54, 1.807) is 6.33 Å². The summed E-state index contributed by atoms with van der Waals surface area (Å²) in [5.41, 5.74) is 1.25. The minimum absolute atomic E-state index is 0.0876. The van der Waals surface area contributed by atoms with Gasteiger partial charge in [0.15, 0.2) is 11.5 Å². The summed E-state index contributed by atoms with van der Waals surface area (Å²) in [4.78, 5) is 14.1. The average Bonchev–Trinajstić information content (AvgIpc) is 3.71. The van der Waals surface area contributed by atoms with Gasteiger partial charge in [0.1, 0.15) is 23.5 Å². The number of hydrogen-bond donors (Lipinski definition) is 0. The Bertz CT molecular complexity index is 1680. The van der Waals surface area contributed by atoms with Gasteiger partial charge in [0.25, 0.3) is 12.2 Å². The molecule has 14 heteroatoms. The fraction of sp³-hybridized carbons (Fsp3) is 0.600. The highest BCUT2D eigenvalue weighted by atomic mass is 19.3. The van der Waals surface area contributed by atoms with E-state index in [9.17, 15) is 22.0 Å². The summed E-state index contributed by atoms with van der Waals surface area (Å²) in [6.45, 7) is 8.29. The number of hydrogen-bond acceptors (Lipinski definition) is 7. The zero-order valence-corrected chi connectivity index (χ0v) is 24.8. The third-order valence-corrected chi connectivity index (χ3v) is 9.55. The van der Waals surface area contributed by atoms with Crippen molar-refractivity contribution >= 4 is 22.8 Å². The van der Waals surface area contributed by atoms with Gasteiger partial charge in [-0.05, 0) is 57.2 Å². The molecule has 0 amide bonds. The van der Waals surface area contributed by atoms with E-state index in [-0.39, 0.29) is 31.0 Å². The number of benzene rings is 1. The number of piperazine rings is 1. The van der Waals surface area contributed by atoms with Gasteiger partial charge >= 0.3 is 0 Å². The second-order valence-electron chi connectivity index (χ2n) is 12.6. The van der Waals surface area contributed by atoms with Crippen LogP contribution < -0.4 is 4.90 Å². The maximum atomic E-state index is 14.2. The highest BCUT2D eigenvalue weighted by Crippen LogP contribution is 2.51. The third-order valence-electron chi connectivity index (χ3n) is 9.55. The molecular weight excluding hydrogens is 583 g/mol. The number of aryl methyl sites for hydroxylation is 1. The van der Waals surface area contributed by atoms with Crippen LogP contribution in [0.15, 0.2) is 24.5 Å². The van der Waals surface area contributed by atoms with Gasteiger partial charge in [0.2, 0.25) is 5.92 Å². The first-order valence-electron chi connectivity index (χ1n) is 15.2. The summed E-state index contributed by atoms with van der Waals surface area (Å²) >= 11 is 0. The van der Waals surface area contributed by atoms with Crippen molar-refractivity contribution < 1.29 is 26.7 Å². The number of aromatic nitrogens is 6. The molecule has 236 valence electrons. The number of nitrogens with zero attached hydrogens (tertiary/aromatic N) is 8. The molecule has 44 heavy (non-hydrogen) atoms. The molecule has 2 saturated heterocycles. The van der Waals surface area contributed by atoms with Crippen molar-refractivity contribution in [1.82, 2.24) is 34.0 Å². The summed E-state index contributed by atoms with van der Waals surface area (Å²) in [5.74, 6) is -2.34. The quantitative estimate of drug-likeness (QED) is 0.245. The Hall–Kier alpha value is -3.39. The van der Waals surface area contributed by atoms with E-state index >= 15 is 0 Å². The Morgan fingerprint density at radius 3 is 2.59 bits per heavy atom. The van der Waals surface area contributed by atoms with E-state index in [2.05, 4.69) is 24.6 Å². The SMILES string of the molecule is Cc1nc2c(N3C[C@@H](C)N(C(c4ccc(F)c(C(F)F)c4)C4CC(F)(F)C4)C[C@@H]3C)nc3nncn3c2n1CC1CCCO1. The van der Waals surface area contributed by atoms with E-state index in [1.165, 1.54) is 6.07 Å². The Morgan fingerprint density at radius 1 is 1.09 bits per heavy atom. The number of halogens is 5. The molecule has 1 aliphatic carbocycles. The summed E-state index contributed by atoms with van der Waals surface area (Å²) in [7, 11) is 0. The van der Waals surface area contributed by atoms with E-state index in [0.717, 1.165) is 43.1 Å². The van der Waals surface area contributed by atoms with Crippen LogP contribution in [0.4, 0.5) is 27.8 Å². The molecule has 9 nitrogen and oxygen atoms in total. The number of ether oxygens (including phenoxy) is 1. The summed E-state index contributed by atoms with van der Waals surface area (Å²) in [6.07, 6.45) is 0.0216. The fourth-order valence-corrected chi connectivity index (χ4v) is 7.37. The lowest BCUT2D eigenvalue weighted by atomic mass is 9.73. The predicted molar refractivity (Wildman–Crippen MR) is 153 cm³/mol. The van der Waals surface area contributed by atoms with Gasteiger partial charge in [-0.15, -0.1) is 10.2 Å². The number of rotatable bonds is 7. The highest BCUT2D eigenvalue weighted by Gasteiger charge is 2.51. The molecule has 2 aliphatic heterocycles. The van der Waals surface area contributed by atoms with Crippen LogP contribution in [-0.2, 0) is 11.3 Å². The fourth-order valence-electron chi connectivity index (χ4n) is 7.37. The van der Waals surface area contributed by atoms with Crippen LogP contribution in [0.1, 0.15) is 68.9 Å². The van der Waals surface area contributed by atoms with E-state index in [0.29, 0.717) is 42.3 Å². The van der Waals surface area contributed by atoms with Crippen molar-refractivity contribution in [2.24, 2.45) is 5.92 Å². The Labute approximate surface area is 251 Å². The zero-order valence-electron chi connectivity index (χ0n) is 24.8. The first-order valence-corrected chi connectivity index (χ1v) is 15.2. The van der Waals surface area contributed by atoms with Gasteiger partial charge in [0.05, 0.1) is 18.2 Å². The lowest BCUT2D eigenvalue weighted by Crippen LogP contribution is -2.59. The Morgan fingerprint density at radius 2 is 1.89 bits per heavy atom. The number of alkyl halides is 4. The van der Waals surface area contributed by atoms with Crippen molar-refractivity contribution in [3.63, 3.8) is 0 Å². The predicted octanol–water partition coefficient (Wildman–Crippen LogP) is 5.72. The number of imidazole rings is 1. The monoisotopic (exact) mass is 618 g/mol. The number of anilines is 1. The summed E-state index contributed by atoms with van der Waals surface area (Å²) in [6, 6.07) is 2.75. The van der Waals surface area contributed by atoms with Gasteiger partial charge in [-0.2, -0.15) is 4.98 Å². The Kier molecular flexibility index (Phi) is 7.26. The molecule has 1 saturated carbocycles. The first kappa shape index (κ1) is 29.3. The van der Waals surface area contributed by atoms with Crippen LogP contribution in [-0.4, -0.2) is 77.8 Å². The zero-order chi connectivity index (χ0) is 30.9. The van der Waals surface area contributed by atoms with Gasteiger partial charge in [-0.1, -0.05) is 6.07 Å². The molecule has 0 spiro atoms. The van der Waals surface area contributed by atoms with Crippen LogP contribution >= 0.6 is 0 Å². The summed E-state index contributed by atoms with van der Waals surface area (Å²) in [5, 5.41) is 8.35. The van der Waals surface area contributed by atoms with E-state index in [4.69, 9.17) is 14.7 Å². The molecule has 3 aromatic heterocycles. The normalized spacial score (nSPS) is 25.4. The molecule has 4 atom stereocenters. The van der Waals surface area contributed by atoms with Crippen molar-refractivity contribution in [3.05, 3.63) is 47.3 Å². The van der Waals surface area contributed by atoms with Crippen LogP contribution in [0.3, 0.4) is 0 Å². The molecular formula is C30H35F5N8O. The van der Waals surface area contributed by atoms with E-state index in [1.807, 2.05) is 25.2 Å². The molecule has 4 aromatic rings. The molecule has 7 rings (SSSR count). The Balaban J connectivity index is 1.24. The molecule has 0 radical (unpaired) electrons. The standard InChI is InChI=1S/C30H35F5N8O/c1-16-13-41(27-24-28(43-15-36-39-29(43)38-27)42(18(3)37-24)14-21-5-4-8-44-21)17(2)12-40(16)25(20-10-30(34,35)11-20)19-6-7-23(31)22(9-19)26(32)33/h6-7,9,15-17,20-21,25-26H,4-5,8,10-14H2,1-3H3/t16-,17+,21?,25?/m1/s1. The molecule has 5 heterocycles. The minimum Gasteiger partial charge on any atom is -0.376 e. The molecule has 1 aromatic carbocycles. The van der Waals surface area contributed by atoms with Crippen LogP contribution in [0.5, 0.6) is 0 Å². The molecule has 3 aliphatic rings. The van der Waals surface area contributed by atoms with Gasteiger partial charge in [0, 0.05) is 50.7 Å².